The summed E-state index contributed by atoms with van der Waals surface area (Å²) in [6.07, 6.45) is 1.13. The summed E-state index contributed by atoms with van der Waals surface area (Å²) in [5.41, 5.74) is 1.32. The summed E-state index contributed by atoms with van der Waals surface area (Å²) in [5, 5.41) is 7.99. The monoisotopic (exact) mass is 335 g/mol. The van der Waals surface area contributed by atoms with Crippen molar-refractivity contribution in [1.82, 2.24) is 15.1 Å². The lowest BCUT2D eigenvalue weighted by Gasteiger charge is -2.15. The van der Waals surface area contributed by atoms with Crippen LogP contribution in [0.2, 0.25) is 0 Å². The summed E-state index contributed by atoms with van der Waals surface area (Å²) in [6.45, 7) is 4.57. The Hall–Kier alpha value is -2.66. The highest BCUT2D eigenvalue weighted by Crippen LogP contribution is 2.31. The molecule has 1 saturated heterocycles. The standard InChI is InChI=1S/C20H21N3O2/c1-15-21-22-20(24-15)14-23-11-10-17(13-23)16-6-5-9-19(12-16)25-18-7-3-2-4-8-18/h2-9,12,17H,10-11,13-14H2,1H3/t17-/m0/s1. The van der Waals surface area contributed by atoms with Crippen molar-refractivity contribution in [1.29, 1.82) is 0 Å². The molecule has 1 fully saturated rings. The molecule has 4 rings (SSSR count). The minimum atomic E-state index is 0.503. The van der Waals surface area contributed by atoms with Crippen molar-refractivity contribution in [3.05, 3.63) is 71.9 Å². The lowest BCUT2D eigenvalue weighted by Crippen LogP contribution is -2.20. The second-order valence-corrected chi connectivity index (χ2v) is 6.42. The van der Waals surface area contributed by atoms with Gasteiger partial charge in [0.05, 0.1) is 6.54 Å². The van der Waals surface area contributed by atoms with E-state index in [9.17, 15) is 0 Å². The minimum absolute atomic E-state index is 0.503. The molecule has 128 valence electrons. The Morgan fingerprint density at radius 2 is 1.92 bits per heavy atom. The maximum atomic E-state index is 5.96. The van der Waals surface area contributed by atoms with Crippen LogP contribution in [0.5, 0.6) is 11.5 Å². The van der Waals surface area contributed by atoms with Crippen LogP contribution in [0.3, 0.4) is 0 Å². The summed E-state index contributed by atoms with van der Waals surface area (Å²) in [4.78, 5) is 2.36. The number of likely N-dealkylation sites (tertiary alicyclic amines) is 1. The predicted octanol–water partition coefficient (Wildman–Crippen LogP) is 4.16. The maximum absolute atomic E-state index is 5.96. The lowest BCUT2D eigenvalue weighted by atomic mass is 9.98. The zero-order chi connectivity index (χ0) is 17.1. The van der Waals surface area contributed by atoms with Gasteiger partial charge in [-0.3, -0.25) is 4.90 Å². The van der Waals surface area contributed by atoms with E-state index in [0.29, 0.717) is 17.7 Å². The molecule has 0 spiro atoms. The van der Waals surface area contributed by atoms with Crippen molar-refractivity contribution in [2.45, 2.75) is 25.8 Å². The van der Waals surface area contributed by atoms with Crippen molar-refractivity contribution < 1.29 is 9.15 Å². The lowest BCUT2D eigenvalue weighted by molar-refractivity contribution is 0.284. The van der Waals surface area contributed by atoms with Crippen molar-refractivity contribution in [3.8, 4) is 11.5 Å². The van der Waals surface area contributed by atoms with Crippen LogP contribution in [0.1, 0.15) is 29.7 Å². The summed E-state index contributed by atoms with van der Waals surface area (Å²) >= 11 is 0. The maximum Gasteiger partial charge on any atom is 0.230 e. The quantitative estimate of drug-likeness (QED) is 0.701. The average molecular weight is 335 g/mol. The van der Waals surface area contributed by atoms with Crippen molar-refractivity contribution in [2.75, 3.05) is 13.1 Å². The largest absolute Gasteiger partial charge is 0.457 e. The van der Waals surface area contributed by atoms with Gasteiger partial charge >= 0.3 is 0 Å². The molecule has 25 heavy (non-hydrogen) atoms. The third-order valence-corrected chi connectivity index (χ3v) is 4.51. The van der Waals surface area contributed by atoms with Gasteiger partial charge in [-0.25, -0.2) is 0 Å². The molecule has 0 radical (unpaired) electrons. The van der Waals surface area contributed by atoms with Gasteiger partial charge in [0.1, 0.15) is 11.5 Å². The smallest absolute Gasteiger partial charge is 0.230 e. The first-order valence-corrected chi connectivity index (χ1v) is 8.60. The predicted molar refractivity (Wildman–Crippen MR) is 94.6 cm³/mol. The molecular weight excluding hydrogens is 314 g/mol. The van der Waals surface area contributed by atoms with Gasteiger partial charge in [-0.05, 0) is 48.7 Å². The molecule has 1 atom stereocenters. The van der Waals surface area contributed by atoms with E-state index in [1.165, 1.54) is 5.56 Å². The number of aromatic nitrogens is 2. The van der Waals surface area contributed by atoms with Gasteiger partial charge in [-0.2, -0.15) is 0 Å². The fraction of sp³-hybridized carbons (Fsp3) is 0.300. The summed E-state index contributed by atoms with van der Waals surface area (Å²) in [7, 11) is 0. The molecule has 2 aromatic carbocycles. The fourth-order valence-electron chi connectivity index (χ4n) is 3.30. The molecule has 1 aliphatic rings. The van der Waals surface area contributed by atoms with E-state index in [1.54, 1.807) is 0 Å². The number of aryl methyl sites for hydroxylation is 1. The van der Waals surface area contributed by atoms with Gasteiger partial charge in [0.25, 0.3) is 0 Å². The van der Waals surface area contributed by atoms with Gasteiger partial charge in [0.2, 0.25) is 11.8 Å². The number of hydrogen-bond donors (Lipinski definition) is 0. The third kappa shape index (κ3) is 3.88. The average Bonchev–Trinajstić information content (AvgIpc) is 3.26. The van der Waals surface area contributed by atoms with Crippen LogP contribution in [0.4, 0.5) is 0 Å². The topological polar surface area (TPSA) is 51.4 Å². The molecule has 5 heteroatoms. The van der Waals surface area contributed by atoms with E-state index in [2.05, 4.69) is 33.3 Å². The number of nitrogens with zero attached hydrogens (tertiary/aromatic N) is 3. The zero-order valence-corrected chi connectivity index (χ0v) is 14.3. The molecule has 5 nitrogen and oxygen atoms in total. The number of rotatable bonds is 5. The molecule has 1 aromatic heterocycles. The zero-order valence-electron chi connectivity index (χ0n) is 14.3. The van der Waals surface area contributed by atoms with Crippen LogP contribution in [0.25, 0.3) is 0 Å². The Labute approximate surface area is 147 Å². The molecule has 0 N–H and O–H groups in total. The molecule has 0 saturated carbocycles. The second kappa shape index (κ2) is 7.07. The molecule has 3 aromatic rings. The molecular formula is C20H21N3O2. The molecule has 0 amide bonds. The number of ether oxygens (including phenoxy) is 1. The van der Waals surface area contributed by atoms with Crippen LogP contribution in [0.15, 0.2) is 59.0 Å². The van der Waals surface area contributed by atoms with E-state index >= 15 is 0 Å². The Morgan fingerprint density at radius 1 is 1.08 bits per heavy atom. The first kappa shape index (κ1) is 15.8. The van der Waals surface area contributed by atoms with Crippen molar-refractivity contribution in [2.24, 2.45) is 0 Å². The normalized spacial score (nSPS) is 17.7. The molecule has 2 heterocycles. The van der Waals surface area contributed by atoms with Gasteiger partial charge in [-0.1, -0.05) is 30.3 Å². The summed E-state index contributed by atoms with van der Waals surface area (Å²) in [5.74, 6) is 3.56. The van der Waals surface area contributed by atoms with Gasteiger partial charge in [0, 0.05) is 13.5 Å². The number of para-hydroxylation sites is 1. The van der Waals surface area contributed by atoms with Crippen molar-refractivity contribution in [3.63, 3.8) is 0 Å². The van der Waals surface area contributed by atoms with E-state index in [0.717, 1.165) is 37.6 Å². The first-order valence-electron chi connectivity index (χ1n) is 8.60. The van der Waals surface area contributed by atoms with Gasteiger partial charge in [0.15, 0.2) is 0 Å². The highest BCUT2D eigenvalue weighted by atomic mass is 16.5. The Kier molecular flexibility index (Phi) is 4.48. The highest BCUT2D eigenvalue weighted by molar-refractivity contribution is 5.35. The Morgan fingerprint density at radius 3 is 2.72 bits per heavy atom. The molecule has 0 bridgehead atoms. The van der Waals surface area contributed by atoms with Crippen LogP contribution in [-0.4, -0.2) is 28.2 Å². The van der Waals surface area contributed by atoms with Gasteiger partial charge < -0.3 is 9.15 Å². The molecule has 0 aliphatic carbocycles. The van der Waals surface area contributed by atoms with Crippen LogP contribution in [-0.2, 0) is 6.54 Å². The van der Waals surface area contributed by atoms with Gasteiger partial charge in [-0.15, -0.1) is 10.2 Å². The van der Waals surface area contributed by atoms with Crippen molar-refractivity contribution >= 4 is 0 Å². The fourth-order valence-corrected chi connectivity index (χ4v) is 3.30. The molecule has 1 aliphatic heterocycles. The number of hydrogen-bond acceptors (Lipinski definition) is 5. The third-order valence-electron chi connectivity index (χ3n) is 4.51. The Bertz CT molecular complexity index is 832. The van der Waals surface area contributed by atoms with E-state index in [1.807, 2.05) is 43.3 Å². The van der Waals surface area contributed by atoms with Crippen LogP contribution >= 0.6 is 0 Å². The Balaban J connectivity index is 1.41. The van der Waals surface area contributed by atoms with Crippen LogP contribution < -0.4 is 4.74 Å². The molecule has 0 unspecified atom stereocenters. The number of benzene rings is 2. The van der Waals surface area contributed by atoms with Crippen LogP contribution in [0, 0.1) is 6.92 Å². The van der Waals surface area contributed by atoms with E-state index in [-0.39, 0.29) is 0 Å². The van der Waals surface area contributed by atoms with E-state index in [4.69, 9.17) is 9.15 Å². The minimum Gasteiger partial charge on any atom is -0.457 e. The first-order chi connectivity index (χ1) is 12.3. The SMILES string of the molecule is Cc1nnc(CN2CC[C@H](c3cccc(Oc4ccccc4)c3)C2)o1. The highest BCUT2D eigenvalue weighted by Gasteiger charge is 2.25. The second-order valence-electron chi connectivity index (χ2n) is 6.42. The summed E-state index contributed by atoms with van der Waals surface area (Å²) < 4.78 is 11.4. The van der Waals surface area contributed by atoms with E-state index < -0.39 is 0 Å². The summed E-state index contributed by atoms with van der Waals surface area (Å²) in [6, 6.07) is 18.3.